The molecule has 0 atom stereocenters. The van der Waals surface area contributed by atoms with Crippen LogP contribution in [0.15, 0.2) is 36.5 Å². The number of hydrogen-bond donors (Lipinski definition) is 2. The number of anilines is 1. The van der Waals surface area contributed by atoms with E-state index in [0.29, 0.717) is 35.3 Å². The predicted molar refractivity (Wildman–Crippen MR) is 104 cm³/mol. The number of aryl methyl sites for hydroxylation is 1. The van der Waals surface area contributed by atoms with Crippen LogP contribution in [0.2, 0.25) is 0 Å². The summed E-state index contributed by atoms with van der Waals surface area (Å²) < 4.78 is 46.1. The van der Waals surface area contributed by atoms with E-state index in [1.165, 1.54) is 6.07 Å². The largest absolute Gasteiger partial charge is 0.489 e. The lowest BCUT2D eigenvalue weighted by Gasteiger charge is -2.15. The summed E-state index contributed by atoms with van der Waals surface area (Å²) in [6.07, 6.45) is -2.57. The zero-order valence-corrected chi connectivity index (χ0v) is 16.4. The molecule has 3 aromatic rings. The third-order valence-corrected chi connectivity index (χ3v) is 4.08. The molecule has 0 radical (unpaired) electrons. The van der Waals surface area contributed by atoms with Crippen molar-refractivity contribution in [3.05, 3.63) is 47.9 Å². The van der Waals surface area contributed by atoms with Crippen molar-refractivity contribution in [2.45, 2.75) is 39.1 Å². The fraction of sp³-hybridized carbons (Fsp3) is 0.350. The quantitative estimate of drug-likeness (QED) is 0.603. The lowest BCUT2D eigenvalue weighted by molar-refractivity contribution is -0.141. The molecule has 7 nitrogen and oxygen atoms in total. The van der Waals surface area contributed by atoms with Crippen LogP contribution in [0.5, 0.6) is 5.75 Å². The number of nitrogens with zero attached hydrogens (tertiary/aromatic N) is 3. The maximum Gasteiger partial charge on any atom is 0.433 e. The normalized spacial score (nSPS) is 11.8. The van der Waals surface area contributed by atoms with Crippen molar-refractivity contribution in [2.24, 2.45) is 0 Å². The van der Waals surface area contributed by atoms with Crippen LogP contribution in [0, 0.1) is 0 Å². The van der Waals surface area contributed by atoms with Gasteiger partial charge in [-0.25, -0.2) is 4.98 Å². The Hall–Kier alpha value is -3.14. The van der Waals surface area contributed by atoms with E-state index in [1.54, 1.807) is 23.0 Å². The summed E-state index contributed by atoms with van der Waals surface area (Å²) >= 11 is 0. The Morgan fingerprint density at radius 2 is 2.07 bits per heavy atom. The smallest absolute Gasteiger partial charge is 0.433 e. The Morgan fingerprint density at radius 1 is 1.30 bits per heavy atom. The highest BCUT2D eigenvalue weighted by atomic mass is 19.4. The van der Waals surface area contributed by atoms with Crippen molar-refractivity contribution in [1.82, 2.24) is 14.8 Å². The molecule has 30 heavy (non-hydrogen) atoms. The van der Waals surface area contributed by atoms with Gasteiger partial charge in [-0.2, -0.15) is 18.3 Å². The van der Waals surface area contributed by atoms with Crippen molar-refractivity contribution in [1.29, 1.82) is 0 Å². The molecule has 0 saturated heterocycles. The molecule has 0 unspecified atom stereocenters. The van der Waals surface area contributed by atoms with Crippen LogP contribution in [0.25, 0.3) is 10.9 Å². The van der Waals surface area contributed by atoms with Crippen LogP contribution < -0.4 is 10.1 Å². The number of benzene rings is 1. The Balaban J connectivity index is 1.94. The Labute approximate surface area is 170 Å². The lowest BCUT2D eigenvalue weighted by Crippen LogP contribution is -2.18. The fourth-order valence-corrected chi connectivity index (χ4v) is 2.81. The lowest BCUT2D eigenvalue weighted by atomic mass is 10.2. The number of pyridine rings is 1. The first-order chi connectivity index (χ1) is 14.2. The van der Waals surface area contributed by atoms with Gasteiger partial charge in [-0.05, 0) is 38.5 Å². The molecule has 0 bridgehead atoms. The number of aliphatic hydroxyl groups excluding tert-OH is 1. The van der Waals surface area contributed by atoms with Crippen molar-refractivity contribution >= 4 is 22.5 Å². The number of nitrogens with one attached hydrogen (secondary N) is 1. The van der Waals surface area contributed by atoms with E-state index >= 15 is 0 Å². The zero-order chi connectivity index (χ0) is 21.9. The Kier molecular flexibility index (Phi) is 6.25. The highest BCUT2D eigenvalue weighted by Crippen LogP contribution is 2.32. The number of rotatable bonds is 7. The number of alkyl halides is 3. The molecule has 2 N–H and O–H groups in total. The van der Waals surface area contributed by atoms with Gasteiger partial charge in [-0.1, -0.05) is 6.07 Å². The molecule has 0 aliphatic carbocycles. The second kappa shape index (κ2) is 8.70. The molecule has 3 rings (SSSR count). The first-order valence-electron chi connectivity index (χ1n) is 9.31. The molecule has 0 aliphatic rings. The third-order valence-electron chi connectivity index (χ3n) is 4.08. The number of amides is 1. The van der Waals surface area contributed by atoms with Crippen LogP contribution in [0.3, 0.4) is 0 Å². The van der Waals surface area contributed by atoms with Crippen LogP contribution in [-0.2, 0) is 12.7 Å². The van der Waals surface area contributed by atoms with Gasteiger partial charge in [0, 0.05) is 30.8 Å². The van der Waals surface area contributed by atoms with Crippen molar-refractivity contribution < 1.29 is 27.8 Å². The van der Waals surface area contributed by atoms with Gasteiger partial charge in [-0.15, -0.1) is 0 Å². The number of halogens is 3. The predicted octanol–water partition coefficient (Wildman–Crippen LogP) is 3.87. The summed E-state index contributed by atoms with van der Waals surface area (Å²) in [6.45, 7) is 4.17. The monoisotopic (exact) mass is 422 g/mol. The second-order valence-electron chi connectivity index (χ2n) is 6.90. The molecular weight excluding hydrogens is 401 g/mol. The van der Waals surface area contributed by atoms with Crippen molar-refractivity contribution in [3.63, 3.8) is 0 Å². The van der Waals surface area contributed by atoms with Gasteiger partial charge in [0.15, 0.2) is 0 Å². The molecule has 0 aliphatic heterocycles. The van der Waals surface area contributed by atoms with Gasteiger partial charge in [0.1, 0.15) is 17.1 Å². The molecule has 1 amide bonds. The molecule has 10 heteroatoms. The van der Waals surface area contributed by atoms with Crippen LogP contribution >= 0.6 is 0 Å². The summed E-state index contributed by atoms with van der Waals surface area (Å²) in [6, 6.07) is 6.43. The second-order valence-corrected chi connectivity index (χ2v) is 6.90. The SMILES string of the molecule is CC(C)Oc1cc2nn(CCCO)cc2cc1NC(=O)c1cccc(C(F)(F)F)n1. The average molecular weight is 422 g/mol. The number of fused-ring (bicyclic) bond motifs is 1. The summed E-state index contributed by atoms with van der Waals surface area (Å²) in [5, 5.41) is 16.7. The first kappa shape index (κ1) is 21.6. The molecule has 0 saturated carbocycles. The molecular formula is C20H21F3N4O3. The van der Waals surface area contributed by atoms with Gasteiger partial charge in [-0.3, -0.25) is 9.48 Å². The Morgan fingerprint density at radius 3 is 2.73 bits per heavy atom. The highest BCUT2D eigenvalue weighted by Gasteiger charge is 2.33. The summed E-state index contributed by atoms with van der Waals surface area (Å²) in [4.78, 5) is 16.0. The van der Waals surface area contributed by atoms with Gasteiger partial charge in [0.25, 0.3) is 5.91 Å². The number of carbonyl (C=O) groups excluding carboxylic acids is 1. The minimum absolute atomic E-state index is 0.0310. The van der Waals surface area contributed by atoms with E-state index in [2.05, 4.69) is 15.4 Å². The summed E-state index contributed by atoms with van der Waals surface area (Å²) in [5.74, 6) is -0.452. The molecule has 2 heterocycles. The molecule has 1 aromatic carbocycles. The number of aliphatic hydroxyl groups is 1. The standard InChI is InChI=1S/C20H21F3N4O3/c1-12(2)30-17-10-15-13(11-27(26-15)7-4-8-28)9-16(17)25-19(29)14-5-3-6-18(24-14)20(21,22)23/h3,5-6,9-12,28H,4,7-8H2,1-2H3,(H,25,29). The summed E-state index contributed by atoms with van der Waals surface area (Å²) in [7, 11) is 0. The van der Waals surface area contributed by atoms with Crippen molar-refractivity contribution in [2.75, 3.05) is 11.9 Å². The highest BCUT2D eigenvalue weighted by molar-refractivity contribution is 6.05. The zero-order valence-electron chi connectivity index (χ0n) is 16.4. The molecule has 2 aromatic heterocycles. The van der Waals surface area contributed by atoms with Crippen LogP contribution in [0.1, 0.15) is 36.5 Å². The van der Waals surface area contributed by atoms with E-state index in [4.69, 9.17) is 9.84 Å². The van der Waals surface area contributed by atoms with E-state index in [9.17, 15) is 18.0 Å². The number of aromatic nitrogens is 3. The van der Waals surface area contributed by atoms with E-state index in [-0.39, 0.29) is 18.4 Å². The van der Waals surface area contributed by atoms with Gasteiger partial charge < -0.3 is 15.2 Å². The van der Waals surface area contributed by atoms with E-state index in [1.807, 2.05) is 13.8 Å². The summed E-state index contributed by atoms with van der Waals surface area (Å²) in [5.41, 5.74) is -0.589. The average Bonchev–Trinajstić information content (AvgIpc) is 3.07. The topological polar surface area (TPSA) is 89.3 Å². The van der Waals surface area contributed by atoms with E-state index in [0.717, 1.165) is 12.1 Å². The molecule has 0 fully saturated rings. The fourth-order valence-electron chi connectivity index (χ4n) is 2.81. The number of carbonyl (C=O) groups is 1. The van der Waals surface area contributed by atoms with Crippen molar-refractivity contribution in [3.8, 4) is 5.75 Å². The van der Waals surface area contributed by atoms with Crippen LogP contribution in [0.4, 0.5) is 18.9 Å². The number of ether oxygens (including phenoxy) is 1. The third kappa shape index (κ3) is 5.07. The van der Waals surface area contributed by atoms with Gasteiger partial charge in [0.05, 0.1) is 17.3 Å². The minimum Gasteiger partial charge on any atom is -0.489 e. The minimum atomic E-state index is -4.65. The van der Waals surface area contributed by atoms with Gasteiger partial charge >= 0.3 is 6.18 Å². The molecule has 160 valence electrons. The van der Waals surface area contributed by atoms with Gasteiger partial charge in [0.2, 0.25) is 0 Å². The maximum absolute atomic E-state index is 12.9. The molecule has 0 spiro atoms. The first-order valence-corrected chi connectivity index (χ1v) is 9.31. The Bertz CT molecular complexity index is 1050. The van der Waals surface area contributed by atoms with E-state index < -0.39 is 17.8 Å². The maximum atomic E-state index is 12.9. The van der Waals surface area contributed by atoms with Crippen LogP contribution in [-0.4, -0.2) is 38.5 Å². The number of hydrogen-bond acceptors (Lipinski definition) is 5.